The fraction of sp³-hybridized carbons (Fsp3) is 0.348. The van der Waals surface area contributed by atoms with E-state index in [9.17, 15) is 9.59 Å². The van der Waals surface area contributed by atoms with Crippen molar-refractivity contribution in [3.63, 3.8) is 0 Å². The van der Waals surface area contributed by atoms with Crippen LogP contribution in [-0.4, -0.2) is 49.4 Å². The summed E-state index contributed by atoms with van der Waals surface area (Å²) in [6.07, 6.45) is 6.99. The number of nitrogens with one attached hydrogen (secondary N) is 2. The lowest BCUT2D eigenvalue weighted by Crippen LogP contribution is -2.34. The summed E-state index contributed by atoms with van der Waals surface area (Å²) in [4.78, 5) is 32.9. The fourth-order valence-electron chi connectivity index (χ4n) is 3.15. The Morgan fingerprint density at radius 2 is 2.00 bits per heavy atom. The summed E-state index contributed by atoms with van der Waals surface area (Å²) < 4.78 is 1.54. The number of carbonyl (C=O) groups excluding carboxylic acids is 2. The molecule has 0 radical (unpaired) electrons. The molecule has 0 aliphatic heterocycles. The normalized spacial score (nSPS) is 14.0. The van der Waals surface area contributed by atoms with E-state index in [2.05, 4.69) is 37.8 Å². The van der Waals surface area contributed by atoms with Gasteiger partial charge in [0, 0.05) is 24.3 Å². The Bertz CT molecular complexity index is 1070. The molecule has 0 spiro atoms. The van der Waals surface area contributed by atoms with Crippen molar-refractivity contribution >= 4 is 23.6 Å². The van der Waals surface area contributed by atoms with Crippen LogP contribution in [0.4, 0.5) is 0 Å². The highest BCUT2D eigenvalue weighted by molar-refractivity contribution is 7.99. The van der Waals surface area contributed by atoms with E-state index in [4.69, 9.17) is 0 Å². The number of rotatable bonds is 10. The lowest BCUT2D eigenvalue weighted by Gasteiger charge is -2.13. The molecule has 32 heavy (non-hydrogen) atoms. The Morgan fingerprint density at radius 3 is 2.78 bits per heavy atom. The Labute approximate surface area is 191 Å². The molecule has 0 saturated heterocycles. The van der Waals surface area contributed by atoms with Crippen molar-refractivity contribution in [2.24, 2.45) is 0 Å². The number of thioether (sulfide) groups is 1. The molecule has 1 aliphatic rings. The van der Waals surface area contributed by atoms with Gasteiger partial charge in [-0.15, -0.1) is 0 Å². The second kappa shape index (κ2) is 10.4. The molecule has 8 nitrogen and oxygen atoms in total. The van der Waals surface area contributed by atoms with E-state index in [0.29, 0.717) is 16.5 Å². The highest BCUT2D eigenvalue weighted by atomic mass is 32.2. The van der Waals surface area contributed by atoms with E-state index in [1.54, 1.807) is 23.0 Å². The van der Waals surface area contributed by atoms with E-state index in [-0.39, 0.29) is 29.7 Å². The number of hydrogen-bond donors (Lipinski definition) is 2. The van der Waals surface area contributed by atoms with Crippen molar-refractivity contribution in [1.29, 1.82) is 0 Å². The number of hydrogen-bond acceptors (Lipinski definition) is 6. The molecule has 2 N–H and O–H groups in total. The Hall–Kier alpha value is -3.20. The van der Waals surface area contributed by atoms with Gasteiger partial charge in [-0.05, 0) is 44.2 Å². The number of nitrogens with zero attached hydrogens (tertiary/aromatic N) is 4. The standard InChI is InChI=1S/C23H26N6O2S/c1-16(7-8-17-5-3-2-4-6-17)26-21(30)14-32-22-13-20(24-15-25-22)29-12-11-19(28-29)23(31)27-18-9-10-18/h2-6,11-13,15-16,18H,7-10,14H2,1H3,(H,26,30)(H,27,31). The third-order valence-corrected chi connectivity index (χ3v) is 5.99. The van der Waals surface area contributed by atoms with Gasteiger partial charge in [-0.3, -0.25) is 9.59 Å². The highest BCUT2D eigenvalue weighted by Gasteiger charge is 2.24. The lowest BCUT2D eigenvalue weighted by molar-refractivity contribution is -0.119. The number of amides is 2. The minimum atomic E-state index is -0.173. The van der Waals surface area contributed by atoms with Gasteiger partial charge in [0.25, 0.3) is 5.91 Å². The predicted molar refractivity (Wildman–Crippen MR) is 123 cm³/mol. The van der Waals surface area contributed by atoms with E-state index in [0.717, 1.165) is 25.7 Å². The Balaban J connectivity index is 1.26. The van der Waals surface area contributed by atoms with Crippen LogP contribution in [-0.2, 0) is 11.2 Å². The van der Waals surface area contributed by atoms with Crippen LogP contribution in [0, 0.1) is 0 Å². The second-order valence-corrected chi connectivity index (χ2v) is 8.88. The summed E-state index contributed by atoms with van der Waals surface area (Å²) in [5.74, 6) is 0.603. The van der Waals surface area contributed by atoms with Gasteiger partial charge in [0.05, 0.1) is 5.75 Å². The second-order valence-electron chi connectivity index (χ2n) is 7.89. The van der Waals surface area contributed by atoms with Crippen molar-refractivity contribution in [3.8, 4) is 5.82 Å². The number of aromatic nitrogens is 4. The van der Waals surface area contributed by atoms with Gasteiger partial charge in [-0.25, -0.2) is 14.6 Å². The maximum atomic E-state index is 12.3. The summed E-state index contributed by atoms with van der Waals surface area (Å²) in [5.41, 5.74) is 1.62. The molecule has 1 unspecified atom stereocenters. The summed E-state index contributed by atoms with van der Waals surface area (Å²) >= 11 is 1.34. The molecule has 2 aromatic heterocycles. The monoisotopic (exact) mass is 450 g/mol. The summed E-state index contributed by atoms with van der Waals surface area (Å²) in [7, 11) is 0. The highest BCUT2D eigenvalue weighted by Crippen LogP contribution is 2.20. The fourth-order valence-corrected chi connectivity index (χ4v) is 3.82. The van der Waals surface area contributed by atoms with Gasteiger partial charge in [-0.1, -0.05) is 42.1 Å². The molecule has 1 fully saturated rings. The zero-order valence-corrected chi connectivity index (χ0v) is 18.7. The maximum absolute atomic E-state index is 12.3. The Morgan fingerprint density at radius 1 is 1.19 bits per heavy atom. The first-order valence-electron chi connectivity index (χ1n) is 10.7. The molecule has 2 heterocycles. The first-order valence-corrected chi connectivity index (χ1v) is 11.7. The van der Waals surface area contributed by atoms with E-state index < -0.39 is 0 Å². The molecule has 0 bridgehead atoms. The number of aryl methyl sites for hydroxylation is 1. The predicted octanol–water partition coefficient (Wildman–Crippen LogP) is 2.78. The average Bonchev–Trinajstić information content (AvgIpc) is 3.48. The van der Waals surface area contributed by atoms with Crippen LogP contribution in [0.2, 0.25) is 0 Å². The smallest absolute Gasteiger partial charge is 0.272 e. The van der Waals surface area contributed by atoms with Crippen molar-refractivity contribution < 1.29 is 9.59 Å². The topological polar surface area (TPSA) is 102 Å². The molecular formula is C23H26N6O2S. The van der Waals surface area contributed by atoms with E-state index in [1.165, 1.54) is 23.7 Å². The van der Waals surface area contributed by atoms with E-state index in [1.807, 2.05) is 25.1 Å². The van der Waals surface area contributed by atoms with Crippen LogP contribution < -0.4 is 10.6 Å². The van der Waals surface area contributed by atoms with Gasteiger partial charge in [0.2, 0.25) is 5.91 Å². The van der Waals surface area contributed by atoms with Crippen molar-refractivity contribution in [3.05, 3.63) is 66.2 Å². The van der Waals surface area contributed by atoms with Gasteiger partial charge in [-0.2, -0.15) is 5.10 Å². The van der Waals surface area contributed by atoms with Gasteiger partial charge in [0.15, 0.2) is 11.5 Å². The first-order chi connectivity index (χ1) is 15.6. The molecule has 1 saturated carbocycles. The zero-order valence-electron chi connectivity index (χ0n) is 17.9. The van der Waals surface area contributed by atoms with Crippen molar-refractivity contribution in [1.82, 2.24) is 30.4 Å². The van der Waals surface area contributed by atoms with Crippen LogP contribution >= 0.6 is 11.8 Å². The molecule has 166 valence electrons. The quantitative estimate of drug-likeness (QED) is 0.364. The number of carbonyl (C=O) groups is 2. The third-order valence-electron chi connectivity index (χ3n) is 5.06. The molecule has 1 aromatic carbocycles. The zero-order chi connectivity index (χ0) is 22.3. The average molecular weight is 451 g/mol. The van der Waals surface area contributed by atoms with Crippen LogP contribution in [0.15, 0.2) is 60.0 Å². The molecule has 1 aliphatic carbocycles. The third kappa shape index (κ3) is 6.40. The molecule has 1 atom stereocenters. The SMILES string of the molecule is CC(CCc1ccccc1)NC(=O)CSc1cc(-n2ccc(C(=O)NC3CC3)n2)ncn1. The van der Waals surface area contributed by atoms with Crippen LogP contribution in [0.25, 0.3) is 5.82 Å². The first kappa shape index (κ1) is 22.0. The maximum Gasteiger partial charge on any atom is 0.272 e. The van der Waals surface area contributed by atoms with Gasteiger partial charge >= 0.3 is 0 Å². The van der Waals surface area contributed by atoms with Crippen molar-refractivity contribution in [2.75, 3.05) is 5.75 Å². The van der Waals surface area contributed by atoms with E-state index >= 15 is 0 Å². The molecule has 9 heteroatoms. The minimum absolute atomic E-state index is 0.0335. The molecule has 2 amide bonds. The summed E-state index contributed by atoms with van der Waals surface area (Å²) in [6, 6.07) is 14.0. The molecule has 4 rings (SSSR count). The summed E-state index contributed by atoms with van der Waals surface area (Å²) in [5, 5.41) is 10.9. The van der Waals surface area contributed by atoms with Gasteiger partial charge in [0.1, 0.15) is 11.4 Å². The Kier molecular flexibility index (Phi) is 7.16. The van der Waals surface area contributed by atoms with Gasteiger partial charge < -0.3 is 10.6 Å². The molecule has 3 aromatic rings. The lowest BCUT2D eigenvalue weighted by atomic mass is 10.1. The summed E-state index contributed by atoms with van der Waals surface area (Å²) in [6.45, 7) is 2.02. The van der Waals surface area contributed by atoms with Crippen LogP contribution in [0.5, 0.6) is 0 Å². The van der Waals surface area contributed by atoms with Crippen LogP contribution in [0.3, 0.4) is 0 Å². The largest absolute Gasteiger partial charge is 0.353 e. The number of benzene rings is 1. The van der Waals surface area contributed by atoms with Crippen LogP contribution in [0.1, 0.15) is 42.2 Å². The van der Waals surface area contributed by atoms with Crippen molar-refractivity contribution in [2.45, 2.75) is 49.7 Å². The minimum Gasteiger partial charge on any atom is -0.353 e. The molecular weight excluding hydrogens is 424 g/mol.